The van der Waals surface area contributed by atoms with Gasteiger partial charge in [-0.3, -0.25) is 0 Å². The molecule has 0 amide bonds. The fourth-order valence-corrected chi connectivity index (χ4v) is 7.43. The van der Waals surface area contributed by atoms with Crippen LogP contribution in [0.3, 0.4) is 0 Å². The van der Waals surface area contributed by atoms with Gasteiger partial charge in [-0.25, -0.2) is 8.42 Å². The van der Waals surface area contributed by atoms with Gasteiger partial charge in [0.15, 0.2) is 5.01 Å². The van der Waals surface area contributed by atoms with E-state index < -0.39 is 9.84 Å². The van der Waals surface area contributed by atoms with Crippen molar-refractivity contribution in [1.29, 1.82) is 0 Å². The fraction of sp³-hybridized carbons (Fsp3) is 0.250. The molecule has 0 aliphatic carbocycles. The van der Waals surface area contributed by atoms with Crippen molar-refractivity contribution < 1.29 is 18.3 Å². The van der Waals surface area contributed by atoms with Gasteiger partial charge in [0.1, 0.15) is 11.5 Å². The molecule has 0 aliphatic heterocycles. The first kappa shape index (κ1) is 24.1. The smallest absolute Gasteiger partial charge is 0.206 e. The van der Waals surface area contributed by atoms with Crippen LogP contribution < -0.4 is 4.74 Å². The average molecular weight is 780 g/mol. The highest BCUT2D eigenvalue weighted by molar-refractivity contribution is 9.11. The lowest BCUT2D eigenvalue weighted by molar-refractivity contribution is 0.279. The van der Waals surface area contributed by atoms with E-state index in [9.17, 15) is 13.5 Å². The Kier molecular flexibility index (Phi) is 9.17. The molecule has 2 aromatic rings. The molecule has 27 heavy (non-hydrogen) atoms. The van der Waals surface area contributed by atoms with Gasteiger partial charge in [0, 0.05) is 5.33 Å². The van der Waals surface area contributed by atoms with Crippen molar-refractivity contribution >= 4 is 105 Å². The fourth-order valence-electron chi connectivity index (χ4n) is 2.06. The second kappa shape index (κ2) is 10.3. The van der Waals surface area contributed by atoms with Crippen LogP contribution in [0.25, 0.3) is 0 Å². The Balaban J connectivity index is 2.42. The Morgan fingerprint density at radius 3 is 1.81 bits per heavy atom. The van der Waals surface area contributed by atoms with Gasteiger partial charge in [-0.2, -0.15) is 0 Å². The molecular formula is C16H12Br6O4S. The lowest BCUT2D eigenvalue weighted by Crippen LogP contribution is -2.10. The first-order valence-electron chi connectivity index (χ1n) is 7.36. The number of phenolic OH excluding ortho intramolecular Hbond substituents is 1. The van der Waals surface area contributed by atoms with Crippen LogP contribution in [0.15, 0.2) is 51.9 Å². The molecule has 1 atom stereocenters. The van der Waals surface area contributed by atoms with Gasteiger partial charge in [0.2, 0.25) is 9.84 Å². The summed E-state index contributed by atoms with van der Waals surface area (Å²) in [5, 5.41) is 10.5. The third kappa shape index (κ3) is 5.95. The minimum Gasteiger partial charge on any atom is -0.506 e. The van der Waals surface area contributed by atoms with Crippen LogP contribution in [0.5, 0.6) is 11.5 Å². The molecule has 0 aliphatic rings. The van der Waals surface area contributed by atoms with Crippen molar-refractivity contribution in [1.82, 2.24) is 0 Å². The number of benzene rings is 2. The maximum absolute atomic E-state index is 13.0. The molecule has 4 nitrogen and oxygen atoms in total. The number of ether oxygens (including phenoxy) is 1. The third-order valence-electron chi connectivity index (χ3n) is 3.39. The predicted octanol–water partition coefficient (Wildman–Crippen LogP) is 7.55. The first-order valence-corrected chi connectivity index (χ1v) is 14.1. The van der Waals surface area contributed by atoms with Gasteiger partial charge < -0.3 is 9.84 Å². The molecule has 0 unspecified atom stereocenters. The van der Waals surface area contributed by atoms with Crippen LogP contribution >= 0.6 is 95.6 Å². The third-order valence-corrected chi connectivity index (χ3v) is 8.70. The van der Waals surface area contributed by atoms with Crippen molar-refractivity contribution in [3.8, 4) is 11.5 Å². The van der Waals surface area contributed by atoms with E-state index in [1.54, 1.807) is 0 Å². The maximum Gasteiger partial charge on any atom is 0.206 e. The normalized spacial score (nSPS) is 12.8. The first-order chi connectivity index (χ1) is 12.6. The van der Waals surface area contributed by atoms with Gasteiger partial charge in [-0.1, -0.05) is 15.9 Å². The van der Waals surface area contributed by atoms with Gasteiger partial charge in [-0.05, 0) is 117 Å². The van der Waals surface area contributed by atoms with Crippen molar-refractivity contribution in [2.45, 2.75) is 27.6 Å². The minimum atomic E-state index is -3.81. The van der Waals surface area contributed by atoms with E-state index in [1.807, 2.05) is 0 Å². The topological polar surface area (TPSA) is 63.6 Å². The minimum absolute atomic E-state index is 0.0437. The molecule has 148 valence electrons. The summed E-state index contributed by atoms with van der Waals surface area (Å²) in [5.74, 6) is 0.449. The summed E-state index contributed by atoms with van der Waals surface area (Å²) in [7, 11) is -3.81. The molecule has 2 rings (SSSR count). The van der Waals surface area contributed by atoms with Crippen LogP contribution in [0.4, 0.5) is 0 Å². The van der Waals surface area contributed by atoms with Crippen molar-refractivity contribution in [2.24, 2.45) is 0 Å². The Morgan fingerprint density at radius 2 is 1.37 bits per heavy atom. The van der Waals surface area contributed by atoms with Crippen LogP contribution in [0.1, 0.15) is 12.8 Å². The zero-order valence-electron chi connectivity index (χ0n) is 13.4. The van der Waals surface area contributed by atoms with Crippen molar-refractivity contribution in [3.63, 3.8) is 0 Å². The largest absolute Gasteiger partial charge is 0.506 e. The lowest BCUT2D eigenvalue weighted by atomic mass is 10.3. The van der Waals surface area contributed by atoms with E-state index in [0.717, 1.165) is 18.2 Å². The molecular weight excluding hydrogens is 768 g/mol. The molecule has 0 bridgehead atoms. The summed E-state index contributed by atoms with van der Waals surface area (Å²) in [6.07, 6.45) is 1.72. The van der Waals surface area contributed by atoms with E-state index >= 15 is 0 Å². The Morgan fingerprint density at radius 1 is 0.926 bits per heavy atom. The zero-order valence-corrected chi connectivity index (χ0v) is 23.7. The highest BCUT2D eigenvalue weighted by Gasteiger charge is 2.24. The molecule has 0 radical (unpaired) electrons. The van der Waals surface area contributed by atoms with E-state index in [1.165, 1.54) is 24.3 Å². The van der Waals surface area contributed by atoms with Crippen LogP contribution in [0, 0.1) is 0 Å². The lowest BCUT2D eigenvalue weighted by Gasteiger charge is -2.17. The number of rotatable bonds is 7. The Labute approximate surface area is 208 Å². The van der Waals surface area contributed by atoms with Gasteiger partial charge in [-0.15, -0.1) is 0 Å². The molecule has 2 aromatic carbocycles. The number of alkyl halides is 2. The number of phenols is 1. The monoisotopic (exact) mass is 774 g/mol. The number of hydrogen-bond donors (Lipinski definition) is 1. The molecule has 0 fully saturated rings. The molecule has 0 spiro atoms. The molecule has 0 heterocycles. The summed E-state index contributed by atoms with van der Waals surface area (Å²) >= 11 is 19.9. The van der Waals surface area contributed by atoms with E-state index in [-0.39, 0.29) is 29.5 Å². The SMILES string of the molecule is O=S(=O)(c1cc(Br)c(O)c(Br)c1)c1cc(Br)c(O[C@@H](Br)CCCBr)c(Br)c1. The molecule has 0 saturated carbocycles. The second-order valence-electron chi connectivity index (χ2n) is 5.31. The predicted molar refractivity (Wildman–Crippen MR) is 127 cm³/mol. The number of hydrogen-bond acceptors (Lipinski definition) is 4. The standard InChI is InChI=1S/C16H12Br6O4S/c17-3-1-2-14(22)26-16-12(20)6-9(7-13(16)21)27(24,25)8-4-10(18)15(23)11(19)5-8/h4-7,14,23H,1-3H2/t14-/m1/s1. The molecule has 0 aromatic heterocycles. The zero-order chi connectivity index (χ0) is 20.4. The highest BCUT2D eigenvalue weighted by Crippen LogP contribution is 2.41. The Hall–Kier alpha value is 0.870. The quantitative estimate of drug-likeness (QED) is 0.295. The van der Waals surface area contributed by atoms with E-state index in [2.05, 4.69) is 95.6 Å². The van der Waals surface area contributed by atoms with Gasteiger partial charge in [0.25, 0.3) is 0 Å². The summed E-state index contributed by atoms with van der Waals surface area (Å²) in [5.41, 5.74) is 0. The van der Waals surface area contributed by atoms with Gasteiger partial charge >= 0.3 is 0 Å². The van der Waals surface area contributed by atoms with Crippen molar-refractivity contribution in [2.75, 3.05) is 5.33 Å². The second-order valence-corrected chi connectivity index (χ2v) is 12.5. The summed E-state index contributed by atoms with van der Waals surface area (Å²) in [6.45, 7) is 0. The van der Waals surface area contributed by atoms with Gasteiger partial charge in [0.05, 0.1) is 27.7 Å². The van der Waals surface area contributed by atoms with Crippen molar-refractivity contribution in [3.05, 3.63) is 42.2 Å². The van der Waals surface area contributed by atoms with E-state index in [4.69, 9.17) is 4.74 Å². The number of halogens is 6. The summed E-state index contributed by atoms with van der Waals surface area (Å²) < 4.78 is 33.5. The van der Waals surface area contributed by atoms with Crippen LogP contribution in [-0.4, -0.2) is 23.9 Å². The van der Waals surface area contributed by atoms with E-state index in [0.29, 0.717) is 14.7 Å². The average Bonchev–Trinajstić information content (AvgIpc) is 2.60. The number of sulfone groups is 1. The molecule has 0 saturated heterocycles. The number of aromatic hydroxyl groups is 1. The van der Waals surface area contributed by atoms with Crippen LogP contribution in [0.2, 0.25) is 0 Å². The summed E-state index contributed by atoms with van der Waals surface area (Å²) in [4.78, 5) is 0.131. The molecule has 1 N–H and O–H groups in total. The Bertz CT molecular complexity index is 902. The highest BCUT2D eigenvalue weighted by atomic mass is 79.9. The van der Waals surface area contributed by atoms with Crippen LogP contribution in [-0.2, 0) is 9.84 Å². The molecule has 11 heteroatoms. The maximum atomic E-state index is 13.0. The summed E-state index contributed by atoms with van der Waals surface area (Å²) in [6, 6.07) is 5.70.